The molecule has 118 valence electrons. The Morgan fingerprint density at radius 3 is 2.48 bits per heavy atom. The molecular formula is C19H20N2O2. The van der Waals surface area contributed by atoms with Gasteiger partial charge in [-0.05, 0) is 48.2 Å². The van der Waals surface area contributed by atoms with E-state index >= 15 is 0 Å². The van der Waals surface area contributed by atoms with Crippen LogP contribution in [0.15, 0.2) is 48.5 Å². The van der Waals surface area contributed by atoms with E-state index in [-0.39, 0.29) is 11.8 Å². The van der Waals surface area contributed by atoms with Gasteiger partial charge < -0.3 is 10.2 Å². The first-order chi connectivity index (χ1) is 11.1. The zero-order chi connectivity index (χ0) is 16.4. The van der Waals surface area contributed by atoms with E-state index in [1.165, 1.54) is 12.5 Å². The van der Waals surface area contributed by atoms with Crippen LogP contribution in [-0.2, 0) is 4.79 Å². The fraction of sp³-hybridized carbons (Fsp3) is 0.263. The zero-order valence-electron chi connectivity index (χ0n) is 13.4. The summed E-state index contributed by atoms with van der Waals surface area (Å²) in [5.41, 5.74) is 3.55. The summed E-state index contributed by atoms with van der Waals surface area (Å²) in [7, 11) is 0. The minimum Gasteiger partial charge on any atom is -0.326 e. The van der Waals surface area contributed by atoms with E-state index in [0.29, 0.717) is 17.2 Å². The van der Waals surface area contributed by atoms with Crippen LogP contribution in [0.1, 0.15) is 42.1 Å². The highest BCUT2D eigenvalue weighted by molar-refractivity contribution is 6.07. The third kappa shape index (κ3) is 3.11. The van der Waals surface area contributed by atoms with Crippen LogP contribution >= 0.6 is 0 Å². The van der Waals surface area contributed by atoms with Crippen LogP contribution in [0.4, 0.5) is 11.4 Å². The molecule has 1 aliphatic rings. The number of amides is 2. The van der Waals surface area contributed by atoms with Crippen molar-refractivity contribution in [2.75, 3.05) is 16.8 Å². The Balaban J connectivity index is 1.86. The molecule has 0 aromatic heterocycles. The molecule has 2 amide bonds. The Hall–Kier alpha value is -2.62. The van der Waals surface area contributed by atoms with Crippen LogP contribution in [0.2, 0.25) is 0 Å². The first kappa shape index (κ1) is 15.3. The average Bonchev–Trinajstić information content (AvgIpc) is 2.55. The lowest BCUT2D eigenvalue weighted by Gasteiger charge is -2.33. The van der Waals surface area contributed by atoms with E-state index in [4.69, 9.17) is 0 Å². The van der Waals surface area contributed by atoms with E-state index in [1.807, 2.05) is 23.1 Å². The Kier molecular flexibility index (Phi) is 4.15. The molecule has 1 heterocycles. The Morgan fingerprint density at radius 2 is 1.78 bits per heavy atom. The van der Waals surface area contributed by atoms with Gasteiger partial charge >= 0.3 is 0 Å². The van der Waals surface area contributed by atoms with E-state index in [1.54, 1.807) is 24.3 Å². The summed E-state index contributed by atoms with van der Waals surface area (Å²) >= 11 is 0. The van der Waals surface area contributed by atoms with Crippen molar-refractivity contribution in [2.45, 2.75) is 26.2 Å². The minimum atomic E-state index is -0.122. The second kappa shape index (κ2) is 6.24. The quantitative estimate of drug-likeness (QED) is 0.917. The van der Waals surface area contributed by atoms with Gasteiger partial charge in [-0.25, -0.2) is 0 Å². The molecule has 0 saturated carbocycles. The molecule has 1 aliphatic heterocycles. The number of para-hydroxylation sites is 1. The predicted molar refractivity (Wildman–Crippen MR) is 91.9 cm³/mol. The van der Waals surface area contributed by atoms with Crippen LogP contribution in [0.5, 0.6) is 0 Å². The maximum absolute atomic E-state index is 12.8. The van der Waals surface area contributed by atoms with Crippen molar-refractivity contribution in [3.05, 3.63) is 59.7 Å². The summed E-state index contributed by atoms with van der Waals surface area (Å²) in [6.07, 6.45) is 0.965. The largest absolute Gasteiger partial charge is 0.326 e. The van der Waals surface area contributed by atoms with Crippen molar-refractivity contribution in [2.24, 2.45) is 0 Å². The van der Waals surface area contributed by atoms with Gasteiger partial charge in [0.2, 0.25) is 5.91 Å². The number of benzene rings is 2. The lowest BCUT2D eigenvalue weighted by Crippen LogP contribution is -2.36. The van der Waals surface area contributed by atoms with E-state index in [9.17, 15) is 9.59 Å². The van der Waals surface area contributed by atoms with Gasteiger partial charge in [-0.1, -0.05) is 25.1 Å². The van der Waals surface area contributed by atoms with E-state index < -0.39 is 0 Å². The van der Waals surface area contributed by atoms with Crippen LogP contribution < -0.4 is 10.2 Å². The Bertz CT molecular complexity index is 737. The molecule has 0 aliphatic carbocycles. The highest BCUT2D eigenvalue weighted by atomic mass is 16.2. The van der Waals surface area contributed by atoms with Crippen LogP contribution in [0.3, 0.4) is 0 Å². The SMILES string of the molecule is CC(=O)Nc1ccc(C(=O)N2CCC(C)c3ccccc32)cc1. The molecule has 2 aromatic rings. The Morgan fingerprint density at radius 1 is 1.09 bits per heavy atom. The fourth-order valence-electron chi connectivity index (χ4n) is 3.01. The molecule has 2 aromatic carbocycles. The van der Waals surface area contributed by atoms with Gasteiger partial charge in [0, 0.05) is 30.4 Å². The number of fused-ring (bicyclic) bond motifs is 1. The zero-order valence-corrected chi connectivity index (χ0v) is 13.4. The van der Waals surface area contributed by atoms with Gasteiger partial charge in [-0.2, -0.15) is 0 Å². The fourth-order valence-corrected chi connectivity index (χ4v) is 3.01. The third-order valence-electron chi connectivity index (χ3n) is 4.24. The van der Waals surface area contributed by atoms with Crippen molar-refractivity contribution < 1.29 is 9.59 Å². The second-order valence-corrected chi connectivity index (χ2v) is 5.96. The number of rotatable bonds is 2. The van der Waals surface area contributed by atoms with Crippen molar-refractivity contribution in [1.82, 2.24) is 0 Å². The number of nitrogens with one attached hydrogen (secondary N) is 1. The first-order valence-corrected chi connectivity index (χ1v) is 7.84. The summed E-state index contributed by atoms with van der Waals surface area (Å²) < 4.78 is 0. The monoisotopic (exact) mass is 308 g/mol. The van der Waals surface area contributed by atoms with Crippen molar-refractivity contribution in [3.63, 3.8) is 0 Å². The van der Waals surface area contributed by atoms with Gasteiger partial charge in [0.25, 0.3) is 5.91 Å². The molecule has 0 spiro atoms. The molecular weight excluding hydrogens is 288 g/mol. The van der Waals surface area contributed by atoms with Crippen molar-refractivity contribution in [3.8, 4) is 0 Å². The number of carbonyl (C=O) groups excluding carboxylic acids is 2. The summed E-state index contributed by atoms with van der Waals surface area (Å²) in [4.78, 5) is 25.8. The molecule has 1 unspecified atom stereocenters. The molecule has 0 saturated heterocycles. The Labute approximate surface area is 136 Å². The highest BCUT2D eigenvalue weighted by Gasteiger charge is 2.26. The average molecular weight is 308 g/mol. The first-order valence-electron chi connectivity index (χ1n) is 7.84. The maximum Gasteiger partial charge on any atom is 0.258 e. The van der Waals surface area contributed by atoms with Gasteiger partial charge in [-0.3, -0.25) is 9.59 Å². The number of anilines is 2. The van der Waals surface area contributed by atoms with Gasteiger partial charge in [0.05, 0.1) is 0 Å². The summed E-state index contributed by atoms with van der Waals surface area (Å²) in [6, 6.07) is 15.1. The third-order valence-corrected chi connectivity index (χ3v) is 4.24. The second-order valence-electron chi connectivity index (χ2n) is 5.96. The summed E-state index contributed by atoms with van der Waals surface area (Å²) in [6.45, 7) is 4.39. The van der Waals surface area contributed by atoms with Crippen LogP contribution in [0.25, 0.3) is 0 Å². The molecule has 3 rings (SSSR count). The maximum atomic E-state index is 12.8. The summed E-state index contributed by atoms with van der Waals surface area (Å²) in [5.74, 6) is 0.346. The molecule has 0 fully saturated rings. The van der Waals surface area contributed by atoms with Crippen molar-refractivity contribution >= 4 is 23.2 Å². The van der Waals surface area contributed by atoms with Gasteiger partial charge in [0.1, 0.15) is 0 Å². The van der Waals surface area contributed by atoms with E-state index in [2.05, 4.69) is 18.3 Å². The molecule has 0 bridgehead atoms. The topological polar surface area (TPSA) is 49.4 Å². The molecule has 0 radical (unpaired) electrons. The molecule has 23 heavy (non-hydrogen) atoms. The molecule has 1 N–H and O–H groups in total. The lowest BCUT2D eigenvalue weighted by molar-refractivity contribution is -0.114. The van der Waals surface area contributed by atoms with Crippen molar-refractivity contribution in [1.29, 1.82) is 0 Å². The molecule has 4 nitrogen and oxygen atoms in total. The number of nitrogens with zero attached hydrogens (tertiary/aromatic N) is 1. The van der Waals surface area contributed by atoms with E-state index in [0.717, 1.165) is 18.7 Å². The summed E-state index contributed by atoms with van der Waals surface area (Å²) in [5, 5.41) is 2.71. The van der Waals surface area contributed by atoms with Gasteiger partial charge in [-0.15, -0.1) is 0 Å². The number of carbonyl (C=O) groups is 2. The normalized spacial score (nSPS) is 16.6. The van der Waals surface area contributed by atoms with Gasteiger partial charge in [0.15, 0.2) is 0 Å². The minimum absolute atomic E-state index is 0.00118. The lowest BCUT2D eigenvalue weighted by atomic mass is 9.91. The molecule has 4 heteroatoms. The number of hydrogen-bond acceptors (Lipinski definition) is 2. The standard InChI is InChI=1S/C19H20N2O2/c1-13-11-12-21(18-6-4-3-5-17(13)18)19(23)15-7-9-16(10-8-15)20-14(2)22/h3-10,13H,11-12H2,1-2H3,(H,20,22). The molecule has 1 atom stereocenters. The van der Waals surface area contributed by atoms with Crippen LogP contribution in [-0.4, -0.2) is 18.4 Å². The smallest absolute Gasteiger partial charge is 0.258 e. The van der Waals surface area contributed by atoms with Crippen LogP contribution in [0, 0.1) is 0 Å². The number of hydrogen-bond donors (Lipinski definition) is 1. The highest BCUT2D eigenvalue weighted by Crippen LogP contribution is 2.35. The predicted octanol–water partition coefficient (Wildman–Crippen LogP) is 3.80.